The molecule has 0 saturated heterocycles. The van der Waals surface area contributed by atoms with Gasteiger partial charge in [0.25, 0.3) is 6.33 Å². The van der Waals surface area contributed by atoms with Crippen molar-refractivity contribution >= 4 is 0 Å². The molecule has 0 aromatic carbocycles. The molecule has 0 unspecified atom stereocenters. The highest BCUT2D eigenvalue weighted by molar-refractivity contribution is 4.44. The number of aromatic amines is 1. The summed E-state index contributed by atoms with van der Waals surface area (Å²) < 4.78 is 0.361. The van der Waals surface area contributed by atoms with Crippen LogP contribution in [0.5, 0.6) is 0 Å². The van der Waals surface area contributed by atoms with E-state index in [9.17, 15) is 4.79 Å². The van der Waals surface area contributed by atoms with Crippen LogP contribution in [0.1, 0.15) is 0 Å². The summed E-state index contributed by atoms with van der Waals surface area (Å²) in [7, 11) is 0. The van der Waals surface area contributed by atoms with E-state index in [2.05, 4.69) is 9.97 Å². The number of nitrogens with zero attached hydrogens (tertiary/aromatic N) is 2. The minimum Gasteiger partial charge on any atom is -0.369 e. The van der Waals surface area contributed by atoms with Gasteiger partial charge in [-0.3, -0.25) is 0 Å². The molecule has 1 aromatic rings. The van der Waals surface area contributed by atoms with E-state index >= 15 is 0 Å². The Balaban J connectivity index is 3.35. The predicted octanol–water partition coefficient (Wildman–Crippen LogP) is -1.71. The number of aromatic nitrogens is 3. The van der Waals surface area contributed by atoms with Crippen molar-refractivity contribution in [2.24, 2.45) is 0 Å². The fraction of sp³-hybridized carbons (Fsp3) is 0. The lowest BCUT2D eigenvalue weighted by Crippen LogP contribution is -2.48. The topological polar surface area (TPSA) is 69.9 Å². The second kappa shape index (κ2) is 1.61. The van der Waals surface area contributed by atoms with Crippen LogP contribution in [0.25, 0.3) is 0 Å². The maximum Gasteiger partial charge on any atom is 0.479 e. The van der Waals surface area contributed by atoms with Gasteiger partial charge in [-0.1, -0.05) is 4.98 Å². The third-order valence-electron chi connectivity index (χ3n) is 0.647. The largest absolute Gasteiger partial charge is 0.479 e. The Morgan fingerprint density at radius 3 is 3.00 bits per heavy atom. The van der Waals surface area contributed by atoms with Crippen LogP contribution < -0.4 is 10.4 Å². The van der Waals surface area contributed by atoms with Gasteiger partial charge in [-0.25, -0.2) is 9.78 Å². The molecule has 0 amide bonds. The van der Waals surface area contributed by atoms with E-state index in [1.165, 1.54) is 6.33 Å². The van der Waals surface area contributed by atoms with Crippen LogP contribution in [0.3, 0.4) is 0 Å². The lowest BCUT2D eigenvalue weighted by molar-refractivity contribution is -0.919. The fourth-order valence-corrected chi connectivity index (χ4v) is 0.308. The highest BCUT2D eigenvalue weighted by Crippen LogP contribution is 1.47. The van der Waals surface area contributed by atoms with E-state index in [1.54, 1.807) is 0 Å². The summed E-state index contributed by atoms with van der Waals surface area (Å²) >= 11 is 0. The number of nitrogens with one attached hydrogen (secondary N) is 1. The summed E-state index contributed by atoms with van der Waals surface area (Å²) in [6.45, 7) is 0. The smallest absolute Gasteiger partial charge is 0.369 e. The van der Waals surface area contributed by atoms with Crippen LogP contribution in [0.4, 0.5) is 0 Å². The molecule has 0 atom stereocenters. The van der Waals surface area contributed by atoms with Crippen LogP contribution in [0, 0.1) is 0 Å². The van der Waals surface area contributed by atoms with E-state index < -0.39 is 5.69 Å². The lowest BCUT2D eigenvalue weighted by atomic mass is 11.1. The predicted molar refractivity (Wildman–Crippen MR) is 22.2 cm³/mol. The Labute approximate surface area is 44.2 Å². The van der Waals surface area contributed by atoms with Gasteiger partial charge < -0.3 is 5.21 Å². The molecule has 8 heavy (non-hydrogen) atoms. The second-order valence-corrected chi connectivity index (χ2v) is 1.19. The van der Waals surface area contributed by atoms with Crippen molar-refractivity contribution in [2.45, 2.75) is 0 Å². The Hall–Kier alpha value is -1.39. The highest BCUT2D eigenvalue weighted by atomic mass is 16.5. The zero-order valence-electron chi connectivity index (χ0n) is 3.90. The first-order chi connectivity index (χ1) is 3.80. The van der Waals surface area contributed by atoms with Crippen molar-refractivity contribution in [3.8, 4) is 0 Å². The molecule has 2 N–H and O–H groups in total. The summed E-state index contributed by atoms with van der Waals surface area (Å²) in [4.78, 5) is 15.8. The minimum atomic E-state index is -0.597. The summed E-state index contributed by atoms with van der Waals surface area (Å²) in [5.74, 6) is 0. The third kappa shape index (κ3) is 0.651. The second-order valence-electron chi connectivity index (χ2n) is 1.19. The van der Waals surface area contributed by atoms with E-state index in [0.29, 0.717) is 4.73 Å². The molecule has 0 fully saturated rings. The number of rotatable bonds is 0. The van der Waals surface area contributed by atoms with Gasteiger partial charge >= 0.3 is 5.69 Å². The van der Waals surface area contributed by atoms with Gasteiger partial charge in [0, 0.05) is 0 Å². The molecule has 42 valence electrons. The van der Waals surface area contributed by atoms with E-state index in [0.717, 1.165) is 6.33 Å². The van der Waals surface area contributed by atoms with E-state index in [4.69, 9.17) is 5.21 Å². The van der Waals surface area contributed by atoms with Gasteiger partial charge in [0.05, 0.1) is 0 Å². The molecule has 0 aliphatic heterocycles. The first kappa shape index (κ1) is 4.76. The van der Waals surface area contributed by atoms with Crippen LogP contribution >= 0.6 is 0 Å². The van der Waals surface area contributed by atoms with Crippen LogP contribution in [-0.2, 0) is 0 Å². The Morgan fingerprint density at radius 2 is 2.62 bits per heavy atom. The summed E-state index contributed by atoms with van der Waals surface area (Å²) in [5, 5.41) is 8.43. The molecule has 0 saturated carbocycles. The number of hydrogen-bond donors (Lipinski definition) is 2. The van der Waals surface area contributed by atoms with Crippen molar-refractivity contribution < 1.29 is 9.94 Å². The van der Waals surface area contributed by atoms with Gasteiger partial charge in [0.2, 0.25) is 6.33 Å². The SMILES string of the molecule is O=c1[nH]cnc[n+]1O. The van der Waals surface area contributed by atoms with Gasteiger partial charge in [-0.05, 0) is 4.73 Å². The van der Waals surface area contributed by atoms with Crippen LogP contribution in [0.15, 0.2) is 17.4 Å². The van der Waals surface area contributed by atoms with Gasteiger partial charge in [0.1, 0.15) is 0 Å². The van der Waals surface area contributed by atoms with Crippen molar-refractivity contribution in [3.63, 3.8) is 0 Å². The Bertz CT molecular complexity index is 230. The molecular formula is C3H4N3O2+. The van der Waals surface area contributed by atoms with Gasteiger partial charge in [0.15, 0.2) is 0 Å². The molecule has 0 bridgehead atoms. The average molecular weight is 114 g/mol. The molecule has 0 aliphatic carbocycles. The van der Waals surface area contributed by atoms with Crippen LogP contribution in [-0.4, -0.2) is 15.2 Å². The van der Waals surface area contributed by atoms with Crippen molar-refractivity contribution in [1.29, 1.82) is 0 Å². The summed E-state index contributed by atoms with van der Waals surface area (Å²) in [5.41, 5.74) is -0.597. The van der Waals surface area contributed by atoms with Gasteiger partial charge in [-0.2, -0.15) is 0 Å². The zero-order valence-corrected chi connectivity index (χ0v) is 3.90. The maximum atomic E-state index is 10.2. The molecule has 0 radical (unpaired) electrons. The molecule has 0 aliphatic rings. The first-order valence-electron chi connectivity index (χ1n) is 1.94. The van der Waals surface area contributed by atoms with Crippen LogP contribution in [0.2, 0.25) is 0 Å². The number of H-pyrrole nitrogens is 1. The average Bonchev–Trinajstić information content (AvgIpc) is 1.77. The number of hydrogen-bond acceptors (Lipinski definition) is 3. The standard InChI is InChI=1S/C3H3N3O2/c7-3-5-1-4-2-6(3)8/h1-2,8H/p+1. The summed E-state index contributed by atoms with van der Waals surface area (Å²) in [6.07, 6.45) is 2.19. The van der Waals surface area contributed by atoms with Crippen molar-refractivity contribution in [3.05, 3.63) is 23.1 Å². The van der Waals surface area contributed by atoms with Crippen molar-refractivity contribution in [1.82, 2.24) is 9.97 Å². The van der Waals surface area contributed by atoms with Gasteiger partial charge in [-0.15, -0.1) is 0 Å². The molecule has 1 aromatic heterocycles. The zero-order chi connectivity index (χ0) is 5.98. The molecule has 0 spiro atoms. The normalized spacial score (nSPS) is 9.00. The monoisotopic (exact) mass is 114 g/mol. The molecule has 5 heteroatoms. The summed E-state index contributed by atoms with van der Waals surface area (Å²) in [6, 6.07) is 0. The Kier molecular flexibility index (Phi) is 0.957. The van der Waals surface area contributed by atoms with E-state index in [-0.39, 0.29) is 0 Å². The quantitative estimate of drug-likeness (QED) is 0.312. The first-order valence-corrected chi connectivity index (χ1v) is 1.94. The molecule has 1 rings (SSSR count). The highest BCUT2D eigenvalue weighted by Gasteiger charge is 1.93. The molecule has 1 heterocycles. The van der Waals surface area contributed by atoms with E-state index in [1.807, 2.05) is 0 Å². The molecular weight excluding hydrogens is 110 g/mol. The van der Waals surface area contributed by atoms with Crippen molar-refractivity contribution in [2.75, 3.05) is 0 Å². The minimum absolute atomic E-state index is 0.361. The lowest BCUT2D eigenvalue weighted by Gasteiger charge is -1.77. The Morgan fingerprint density at radius 1 is 1.88 bits per heavy atom. The third-order valence-corrected chi connectivity index (χ3v) is 0.647. The molecule has 5 nitrogen and oxygen atoms in total. The maximum absolute atomic E-state index is 10.2. The fourth-order valence-electron chi connectivity index (χ4n) is 0.308.